The van der Waals surface area contributed by atoms with Gasteiger partial charge in [-0.2, -0.15) is 0 Å². The van der Waals surface area contributed by atoms with Gasteiger partial charge in [-0.3, -0.25) is 4.99 Å². The minimum atomic E-state index is 0.514. The van der Waals surface area contributed by atoms with Crippen molar-refractivity contribution in [2.75, 3.05) is 13.2 Å². The van der Waals surface area contributed by atoms with Crippen molar-refractivity contribution in [3.05, 3.63) is 23.8 Å². The summed E-state index contributed by atoms with van der Waals surface area (Å²) in [7, 11) is 0. The van der Waals surface area contributed by atoms with E-state index in [9.17, 15) is 0 Å². The molecule has 0 N–H and O–H groups in total. The van der Waals surface area contributed by atoms with Crippen molar-refractivity contribution in [3.8, 4) is 11.5 Å². The van der Waals surface area contributed by atoms with E-state index >= 15 is 0 Å². The van der Waals surface area contributed by atoms with E-state index in [4.69, 9.17) is 9.47 Å². The van der Waals surface area contributed by atoms with Gasteiger partial charge < -0.3 is 9.47 Å². The third kappa shape index (κ3) is 1.77. The molecule has 2 aliphatic rings. The van der Waals surface area contributed by atoms with Crippen molar-refractivity contribution < 1.29 is 9.47 Å². The monoisotopic (exact) mass is 217 g/mol. The number of nitrogens with zero attached hydrogens (tertiary/aromatic N) is 1. The standard InChI is InChI=1S/C13H15NO2/c1-9-7-11(9)14-8-10-3-2-4-12-13(10)16-6-5-15-12/h2-4,8-9,11H,5-7H2,1H3/b14-8+. The van der Waals surface area contributed by atoms with Crippen molar-refractivity contribution in [1.29, 1.82) is 0 Å². The summed E-state index contributed by atoms with van der Waals surface area (Å²) in [4.78, 5) is 4.53. The maximum atomic E-state index is 5.62. The molecule has 3 heteroatoms. The molecule has 1 aliphatic carbocycles. The molecule has 3 nitrogen and oxygen atoms in total. The van der Waals surface area contributed by atoms with Crippen LogP contribution in [0.5, 0.6) is 11.5 Å². The predicted molar refractivity (Wildman–Crippen MR) is 62.6 cm³/mol. The normalized spacial score (nSPS) is 27.1. The van der Waals surface area contributed by atoms with Crippen LogP contribution in [-0.2, 0) is 0 Å². The molecule has 1 aliphatic heterocycles. The highest BCUT2D eigenvalue weighted by Crippen LogP contribution is 2.35. The minimum absolute atomic E-state index is 0.514. The third-order valence-electron chi connectivity index (χ3n) is 3.07. The molecule has 0 spiro atoms. The summed E-state index contributed by atoms with van der Waals surface area (Å²) in [6.45, 7) is 3.48. The van der Waals surface area contributed by atoms with E-state index in [2.05, 4.69) is 11.9 Å². The number of hydrogen-bond acceptors (Lipinski definition) is 3. The lowest BCUT2D eigenvalue weighted by atomic mass is 10.2. The zero-order valence-electron chi connectivity index (χ0n) is 9.35. The molecule has 2 atom stereocenters. The van der Waals surface area contributed by atoms with Gasteiger partial charge in [-0.05, 0) is 24.5 Å². The largest absolute Gasteiger partial charge is 0.486 e. The van der Waals surface area contributed by atoms with Gasteiger partial charge in [0, 0.05) is 11.8 Å². The maximum absolute atomic E-state index is 5.62. The molecule has 0 saturated heterocycles. The SMILES string of the molecule is CC1CC1/N=C/c1cccc2c1OCCO2. The Balaban J connectivity index is 1.86. The Labute approximate surface area is 95.1 Å². The number of rotatable bonds is 2. The number of fused-ring (bicyclic) bond motifs is 1. The van der Waals surface area contributed by atoms with Crippen molar-refractivity contribution in [2.24, 2.45) is 10.9 Å². The highest BCUT2D eigenvalue weighted by molar-refractivity contribution is 5.85. The van der Waals surface area contributed by atoms with Crippen LogP contribution in [0.4, 0.5) is 0 Å². The maximum Gasteiger partial charge on any atom is 0.170 e. The molecule has 1 fully saturated rings. The summed E-state index contributed by atoms with van der Waals surface area (Å²) in [6.07, 6.45) is 3.13. The Kier molecular flexibility index (Phi) is 2.31. The molecule has 84 valence electrons. The minimum Gasteiger partial charge on any atom is -0.486 e. The molecular formula is C13H15NO2. The average Bonchev–Trinajstić information content (AvgIpc) is 3.03. The summed E-state index contributed by atoms with van der Waals surface area (Å²) < 4.78 is 11.1. The van der Waals surface area contributed by atoms with E-state index < -0.39 is 0 Å². The molecule has 2 unspecified atom stereocenters. The number of para-hydroxylation sites is 1. The van der Waals surface area contributed by atoms with Crippen LogP contribution in [0.3, 0.4) is 0 Å². The zero-order valence-corrected chi connectivity index (χ0v) is 9.35. The van der Waals surface area contributed by atoms with Gasteiger partial charge in [-0.15, -0.1) is 0 Å². The molecule has 0 bridgehead atoms. The fourth-order valence-corrected chi connectivity index (χ4v) is 1.88. The van der Waals surface area contributed by atoms with E-state index in [1.165, 1.54) is 6.42 Å². The van der Waals surface area contributed by atoms with Crippen molar-refractivity contribution in [1.82, 2.24) is 0 Å². The van der Waals surface area contributed by atoms with Crippen LogP contribution < -0.4 is 9.47 Å². The first-order chi connectivity index (χ1) is 7.84. The number of benzene rings is 1. The summed E-state index contributed by atoms with van der Waals surface area (Å²) in [5.74, 6) is 2.41. The second-order valence-electron chi connectivity index (χ2n) is 4.43. The van der Waals surface area contributed by atoms with Gasteiger partial charge in [0.1, 0.15) is 13.2 Å². The highest BCUT2D eigenvalue weighted by atomic mass is 16.6. The molecule has 1 heterocycles. The van der Waals surface area contributed by atoms with Crippen molar-refractivity contribution in [3.63, 3.8) is 0 Å². The van der Waals surface area contributed by atoms with E-state index in [1.54, 1.807) is 0 Å². The van der Waals surface area contributed by atoms with Crippen LogP contribution >= 0.6 is 0 Å². The van der Waals surface area contributed by atoms with Gasteiger partial charge in [0.15, 0.2) is 11.5 Å². The Hall–Kier alpha value is -1.51. The Morgan fingerprint density at radius 2 is 2.12 bits per heavy atom. The lowest BCUT2D eigenvalue weighted by Crippen LogP contribution is -2.16. The van der Waals surface area contributed by atoms with E-state index in [-0.39, 0.29) is 0 Å². The number of ether oxygens (including phenoxy) is 2. The molecule has 1 aromatic rings. The van der Waals surface area contributed by atoms with Crippen LogP contribution in [0.15, 0.2) is 23.2 Å². The fraction of sp³-hybridized carbons (Fsp3) is 0.462. The molecule has 0 radical (unpaired) electrons. The first-order valence-corrected chi connectivity index (χ1v) is 5.76. The van der Waals surface area contributed by atoms with E-state index in [1.807, 2.05) is 24.4 Å². The lowest BCUT2D eigenvalue weighted by Gasteiger charge is -2.19. The van der Waals surface area contributed by atoms with E-state index in [0.29, 0.717) is 19.3 Å². The summed E-state index contributed by atoms with van der Waals surface area (Å²) in [5, 5.41) is 0. The highest BCUT2D eigenvalue weighted by Gasteiger charge is 2.31. The molecule has 1 saturated carbocycles. The predicted octanol–water partition coefficient (Wildman–Crippen LogP) is 2.29. The second-order valence-corrected chi connectivity index (χ2v) is 4.43. The summed E-state index contributed by atoms with van der Waals surface area (Å²) in [6, 6.07) is 6.45. The molecular weight excluding hydrogens is 202 g/mol. The quantitative estimate of drug-likeness (QED) is 0.711. The van der Waals surface area contributed by atoms with E-state index in [0.717, 1.165) is 23.0 Å². The van der Waals surface area contributed by atoms with Gasteiger partial charge in [-0.25, -0.2) is 0 Å². The van der Waals surface area contributed by atoms with Crippen LogP contribution in [0, 0.1) is 5.92 Å². The van der Waals surface area contributed by atoms with Gasteiger partial charge in [0.25, 0.3) is 0 Å². The van der Waals surface area contributed by atoms with Crippen LogP contribution in [-0.4, -0.2) is 25.5 Å². The fourth-order valence-electron chi connectivity index (χ4n) is 1.88. The number of hydrogen-bond donors (Lipinski definition) is 0. The third-order valence-corrected chi connectivity index (χ3v) is 3.07. The van der Waals surface area contributed by atoms with Crippen LogP contribution in [0.25, 0.3) is 0 Å². The Morgan fingerprint density at radius 3 is 2.94 bits per heavy atom. The molecule has 16 heavy (non-hydrogen) atoms. The zero-order chi connectivity index (χ0) is 11.0. The average molecular weight is 217 g/mol. The second kappa shape index (κ2) is 3.81. The first kappa shape index (κ1) is 9.70. The van der Waals surface area contributed by atoms with Crippen molar-refractivity contribution in [2.45, 2.75) is 19.4 Å². The van der Waals surface area contributed by atoms with Crippen LogP contribution in [0.2, 0.25) is 0 Å². The number of aliphatic imine (C=N–C) groups is 1. The van der Waals surface area contributed by atoms with Gasteiger partial charge in [0.05, 0.1) is 6.04 Å². The topological polar surface area (TPSA) is 30.8 Å². The summed E-state index contributed by atoms with van der Waals surface area (Å²) in [5.41, 5.74) is 1.02. The Morgan fingerprint density at radius 1 is 1.31 bits per heavy atom. The lowest BCUT2D eigenvalue weighted by molar-refractivity contribution is 0.171. The van der Waals surface area contributed by atoms with Gasteiger partial charge in [0.2, 0.25) is 0 Å². The Bertz CT molecular complexity index is 428. The van der Waals surface area contributed by atoms with Gasteiger partial charge in [-0.1, -0.05) is 13.0 Å². The molecule has 3 rings (SSSR count). The molecule has 0 aromatic heterocycles. The smallest absolute Gasteiger partial charge is 0.170 e. The molecule has 1 aromatic carbocycles. The first-order valence-electron chi connectivity index (χ1n) is 5.76. The van der Waals surface area contributed by atoms with Gasteiger partial charge >= 0.3 is 0 Å². The molecule has 0 amide bonds. The summed E-state index contributed by atoms with van der Waals surface area (Å²) >= 11 is 0. The van der Waals surface area contributed by atoms with Crippen molar-refractivity contribution >= 4 is 6.21 Å². The van der Waals surface area contributed by atoms with Crippen LogP contribution in [0.1, 0.15) is 18.9 Å².